The molecule has 94 heavy (non-hydrogen) atoms. The van der Waals surface area contributed by atoms with Crippen LogP contribution >= 0.6 is 0 Å². The van der Waals surface area contributed by atoms with Gasteiger partial charge in [0.2, 0.25) is 0 Å². The van der Waals surface area contributed by atoms with E-state index >= 15 is 0 Å². The number of aromatic nitrogens is 4. The Morgan fingerprint density at radius 1 is 0.287 bits per heavy atom. The molecule has 7 nitrogen and oxygen atoms in total. The third-order valence-electron chi connectivity index (χ3n) is 21.1. The molecule has 2 aliphatic heterocycles. The molecule has 14 aromatic carbocycles. The van der Waals surface area contributed by atoms with Crippen molar-refractivity contribution in [1.29, 1.82) is 5.26 Å². The van der Waals surface area contributed by atoms with Crippen molar-refractivity contribution < 1.29 is 8.83 Å². The molecule has 0 N–H and O–H groups in total. The minimum Gasteiger partial charge on any atom is -0.455 e. The van der Waals surface area contributed by atoms with Crippen LogP contribution in [0, 0.1) is 11.3 Å². The van der Waals surface area contributed by atoms with Crippen molar-refractivity contribution in [3.05, 3.63) is 291 Å². The molecule has 20 aromatic rings. The number of rotatable bonds is 5. The number of furan rings is 2. The smallest absolute Gasteiger partial charge is 0.332 e. The van der Waals surface area contributed by atoms with Gasteiger partial charge in [-0.25, -0.2) is 0 Å². The molecule has 8 heterocycles. The normalized spacial score (nSPS) is 12.8. The monoisotopic (exact) mass is 1190 g/mol. The van der Waals surface area contributed by atoms with Crippen molar-refractivity contribution in [3.63, 3.8) is 0 Å². The fourth-order valence-corrected chi connectivity index (χ4v) is 17.4. The van der Waals surface area contributed by atoms with Gasteiger partial charge in [0.25, 0.3) is 0 Å². The molecule has 22 rings (SSSR count). The van der Waals surface area contributed by atoms with Crippen molar-refractivity contribution in [1.82, 2.24) is 18.1 Å². The molecule has 0 saturated heterocycles. The lowest BCUT2D eigenvalue weighted by Crippen LogP contribution is -2.53. The van der Waals surface area contributed by atoms with E-state index in [1.54, 1.807) is 0 Å². The van der Waals surface area contributed by atoms with Crippen molar-refractivity contribution in [2.75, 3.05) is 0 Å². The third kappa shape index (κ3) is 6.41. The maximum Gasteiger partial charge on any atom is 0.332 e. The Hall–Kier alpha value is -12.5. The van der Waals surface area contributed by atoms with Gasteiger partial charge >= 0.3 is 13.7 Å². The van der Waals surface area contributed by atoms with E-state index in [1.165, 1.54) is 76.5 Å². The van der Waals surface area contributed by atoms with E-state index in [9.17, 15) is 5.26 Å². The first kappa shape index (κ1) is 50.3. The van der Waals surface area contributed by atoms with Gasteiger partial charge in [-0.15, -0.1) is 0 Å². The van der Waals surface area contributed by atoms with Crippen LogP contribution in [0.15, 0.2) is 294 Å². The van der Waals surface area contributed by atoms with Crippen LogP contribution < -0.4 is 21.9 Å². The molecule has 0 spiro atoms. The summed E-state index contributed by atoms with van der Waals surface area (Å²) >= 11 is 0. The molecule has 9 heteroatoms. The lowest BCUT2D eigenvalue weighted by Gasteiger charge is -2.29. The first-order valence-corrected chi connectivity index (χ1v) is 32.3. The Labute approximate surface area is 537 Å². The summed E-state index contributed by atoms with van der Waals surface area (Å²) in [5.41, 5.74) is 27.0. The quantitative estimate of drug-likeness (QED) is 0.161. The topological polar surface area (TPSA) is 69.8 Å². The zero-order valence-electron chi connectivity index (χ0n) is 50.3. The van der Waals surface area contributed by atoms with Crippen molar-refractivity contribution in [2.24, 2.45) is 0 Å². The molecule has 0 atom stereocenters. The number of fused-ring (bicyclic) bond motifs is 24. The van der Waals surface area contributed by atoms with Crippen LogP contribution in [0.3, 0.4) is 0 Å². The van der Waals surface area contributed by atoms with E-state index in [1.807, 2.05) is 12.1 Å². The predicted octanol–water partition coefficient (Wildman–Crippen LogP) is 18.7. The van der Waals surface area contributed by atoms with E-state index < -0.39 is 0 Å². The minimum atomic E-state index is -0.223. The van der Waals surface area contributed by atoms with Crippen LogP contribution in [0.1, 0.15) is 5.56 Å². The Morgan fingerprint density at radius 2 is 0.819 bits per heavy atom. The zero-order valence-corrected chi connectivity index (χ0v) is 50.3. The average molecular weight is 1190 g/mol. The van der Waals surface area contributed by atoms with E-state index in [0.717, 1.165) is 121 Å². The first-order chi connectivity index (χ1) is 46.6. The van der Waals surface area contributed by atoms with Gasteiger partial charge in [-0.3, -0.25) is 0 Å². The summed E-state index contributed by atoms with van der Waals surface area (Å²) in [5.74, 6) is 0. The lowest BCUT2D eigenvalue weighted by molar-refractivity contribution is 0.670. The number of hydrogen-bond acceptors (Lipinski definition) is 3. The second-order valence-corrected chi connectivity index (χ2v) is 25.6. The Balaban J connectivity index is 0.807. The second kappa shape index (κ2) is 18.4. The molecule has 0 saturated carbocycles. The largest absolute Gasteiger partial charge is 0.455 e. The Morgan fingerprint density at radius 3 is 1.60 bits per heavy atom. The van der Waals surface area contributed by atoms with Crippen molar-refractivity contribution in [3.8, 4) is 50.8 Å². The van der Waals surface area contributed by atoms with Crippen LogP contribution in [-0.4, -0.2) is 31.8 Å². The SMILES string of the molecule is N#Cc1ccc2c3cccc4c3n(c2c1)-c1ccccc1B4n1c2cccc(-c3ccc4c(c3)oc3c4ccc4c3c3c5oc6ccccc6c5cc5c3n4-c3ccccc3B5n3c4ccccc4c4cccc(-c5ccccc5)c43)c2c2cccc(-c3ccccc3)c21. The molecule has 0 radical (unpaired) electrons. The van der Waals surface area contributed by atoms with Crippen molar-refractivity contribution in [2.45, 2.75) is 0 Å². The molecule has 0 unspecified atom stereocenters. The highest BCUT2D eigenvalue weighted by molar-refractivity contribution is 6.89. The maximum atomic E-state index is 10.2. The number of nitrogens with zero attached hydrogens (tertiary/aromatic N) is 5. The summed E-state index contributed by atoms with van der Waals surface area (Å²) in [6, 6.07) is 107. The van der Waals surface area contributed by atoms with Gasteiger partial charge in [0.1, 0.15) is 22.3 Å². The van der Waals surface area contributed by atoms with Gasteiger partial charge in [-0.1, -0.05) is 218 Å². The third-order valence-corrected chi connectivity index (χ3v) is 21.1. The summed E-state index contributed by atoms with van der Waals surface area (Å²) in [6.07, 6.45) is 0. The van der Waals surface area contributed by atoms with Gasteiger partial charge in [0, 0.05) is 98.4 Å². The lowest BCUT2D eigenvalue weighted by atomic mass is 9.48. The van der Waals surface area contributed by atoms with Crippen LogP contribution in [0.25, 0.3) is 176 Å². The summed E-state index contributed by atoms with van der Waals surface area (Å²) in [6.45, 7) is -0.431. The van der Waals surface area contributed by atoms with E-state index in [-0.39, 0.29) is 13.7 Å². The average Bonchev–Trinajstić information content (AvgIpc) is 1.51. The molecule has 0 aliphatic carbocycles. The van der Waals surface area contributed by atoms with Crippen LogP contribution in [0.2, 0.25) is 0 Å². The molecule has 0 fully saturated rings. The van der Waals surface area contributed by atoms with E-state index in [2.05, 4.69) is 297 Å². The summed E-state index contributed by atoms with van der Waals surface area (Å²) in [4.78, 5) is 0. The highest BCUT2D eigenvalue weighted by Crippen LogP contribution is 2.49. The molecule has 0 amide bonds. The van der Waals surface area contributed by atoms with Crippen LogP contribution in [-0.2, 0) is 0 Å². The number of nitriles is 1. The van der Waals surface area contributed by atoms with Gasteiger partial charge in [0.15, 0.2) is 0 Å². The fourth-order valence-electron chi connectivity index (χ4n) is 17.4. The van der Waals surface area contributed by atoms with Gasteiger partial charge < -0.3 is 26.9 Å². The summed E-state index contributed by atoms with van der Waals surface area (Å²) in [7, 11) is 0. The van der Waals surface area contributed by atoms with Crippen molar-refractivity contribution >= 4 is 167 Å². The highest BCUT2D eigenvalue weighted by Gasteiger charge is 2.41. The Kier molecular flexibility index (Phi) is 9.81. The fraction of sp³-hybridized carbons (Fsp3) is 0. The number of benzene rings is 14. The van der Waals surface area contributed by atoms with Gasteiger partial charge in [-0.05, 0) is 111 Å². The first-order valence-electron chi connectivity index (χ1n) is 32.3. The van der Waals surface area contributed by atoms with E-state index in [0.29, 0.717) is 5.56 Å². The molecular formula is C85H47B2N5O2. The number of para-hydroxylation sites is 7. The van der Waals surface area contributed by atoms with Crippen LogP contribution in [0.4, 0.5) is 0 Å². The number of hydrogen-bond donors (Lipinski definition) is 0. The molecule has 0 bridgehead atoms. The molecule has 430 valence electrons. The standard InChI is InChI=1S/C85H47B2N5O2/c88-48-49-39-41-57-61-29-17-33-67-82(61)90(74(57)45-49)71-36-13-9-31-65(71)86(67)92-73-37-18-25-53(77(73)63-30-16-27-55(81(63)92)51-21-5-2-6-22-51)52-40-42-59-62-43-44-72-78(84(62)94-76(59)46-52)79-83-68(47-64-58-24-8-14-38-75(58)93-85(64)79)87(66-32-10-12-35-70(66)89(72)83)91-69-34-11-7-23-56(69)60-28-15-26-54(80(60)91)50-19-3-1-4-20-50/h1-47H. The molecule has 6 aromatic heterocycles. The maximum absolute atomic E-state index is 10.2. The zero-order chi connectivity index (χ0) is 61.2. The second-order valence-electron chi connectivity index (χ2n) is 25.6. The van der Waals surface area contributed by atoms with E-state index in [4.69, 9.17) is 8.83 Å². The Bertz CT molecular complexity index is 6830. The minimum absolute atomic E-state index is 0.208. The van der Waals surface area contributed by atoms with Gasteiger partial charge in [0.05, 0.1) is 44.5 Å². The highest BCUT2D eigenvalue weighted by atomic mass is 16.3. The summed E-state index contributed by atoms with van der Waals surface area (Å²) in [5, 5.41) is 23.6. The van der Waals surface area contributed by atoms with Crippen LogP contribution in [0.5, 0.6) is 0 Å². The predicted molar refractivity (Wildman–Crippen MR) is 390 cm³/mol. The molecule has 2 aliphatic rings. The van der Waals surface area contributed by atoms with Gasteiger partial charge in [-0.2, -0.15) is 5.26 Å². The summed E-state index contributed by atoms with van der Waals surface area (Å²) < 4.78 is 24.9. The molecular weight excluding hydrogens is 1140 g/mol.